The van der Waals surface area contributed by atoms with Crippen LogP contribution < -0.4 is 10.5 Å². The third-order valence-electron chi connectivity index (χ3n) is 2.13. The average molecular weight is 258 g/mol. The van der Waals surface area contributed by atoms with Crippen LogP contribution in [0, 0.1) is 5.82 Å². The molecule has 17 heavy (non-hydrogen) atoms. The second kappa shape index (κ2) is 4.68. The van der Waals surface area contributed by atoms with Gasteiger partial charge in [0.05, 0.1) is 24.2 Å². The number of benzene rings is 1. The van der Waals surface area contributed by atoms with E-state index in [1.807, 2.05) is 0 Å². The largest absolute Gasteiger partial charge is 0.493 e. The lowest BCUT2D eigenvalue weighted by Gasteiger charge is -2.07. The Morgan fingerprint density at radius 3 is 2.88 bits per heavy atom. The molecular weight excluding hydrogens is 249 g/mol. The van der Waals surface area contributed by atoms with E-state index in [1.165, 1.54) is 19.2 Å². The molecule has 2 aromatic rings. The predicted octanol–water partition coefficient (Wildman–Crippen LogP) is 2.00. The molecule has 0 saturated heterocycles. The van der Waals surface area contributed by atoms with Crippen molar-refractivity contribution in [1.29, 1.82) is 0 Å². The number of ether oxygens (including phenoxy) is 1. The Hall–Kier alpha value is -1.66. The topological polar surface area (TPSA) is 74.2 Å². The minimum atomic E-state index is -0.550. The maximum absolute atomic E-state index is 13.5. The van der Waals surface area contributed by atoms with Crippen LogP contribution >= 0.6 is 11.6 Å². The number of rotatable bonds is 3. The van der Waals surface area contributed by atoms with Gasteiger partial charge in [-0.1, -0.05) is 16.8 Å². The van der Waals surface area contributed by atoms with Gasteiger partial charge in [-0.15, -0.1) is 0 Å². The highest BCUT2D eigenvalue weighted by Crippen LogP contribution is 2.36. The van der Waals surface area contributed by atoms with E-state index in [9.17, 15) is 4.39 Å². The van der Waals surface area contributed by atoms with Crippen LogP contribution in [0.4, 0.5) is 4.39 Å². The quantitative estimate of drug-likeness (QED) is 0.910. The Kier molecular flexibility index (Phi) is 3.26. The molecule has 0 atom stereocenters. The highest BCUT2D eigenvalue weighted by molar-refractivity contribution is 6.33. The molecule has 0 aliphatic heterocycles. The molecule has 0 unspecified atom stereocenters. The number of nitrogens with two attached hydrogens (primary N) is 1. The Labute approximate surface area is 101 Å². The van der Waals surface area contributed by atoms with Crippen LogP contribution in [0.15, 0.2) is 16.7 Å². The second-order valence-electron chi connectivity index (χ2n) is 3.15. The average Bonchev–Trinajstić information content (AvgIpc) is 2.80. The van der Waals surface area contributed by atoms with E-state index in [4.69, 9.17) is 26.6 Å². The lowest BCUT2D eigenvalue weighted by atomic mass is 10.2. The van der Waals surface area contributed by atoms with E-state index in [0.29, 0.717) is 0 Å². The van der Waals surface area contributed by atoms with Crippen LogP contribution in [0.25, 0.3) is 11.4 Å². The first-order chi connectivity index (χ1) is 8.17. The molecule has 1 aromatic heterocycles. The van der Waals surface area contributed by atoms with Gasteiger partial charge in [-0.3, -0.25) is 0 Å². The van der Waals surface area contributed by atoms with Gasteiger partial charge >= 0.3 is 0 Å². The molecule has 5 nitrogen and oxygen atoms in total. The molecule has 0 bridgehead atoms. The van der Waals surface area contributed by atoms with Gasteiger partial charge in [-0.25, -0.2) is 4.39 Å². The summed E-state index contributed by atoms with van der Waals surface area (Å²) in [6.07, 6.45) is 0. The number of halogens is 2. The normalized spacial score (nSPS) is 10.6. The summed E-state index contributed by atoms with van der Waals surface area (Å²) in [6, 6.07) is 2.60. The summed E-state index contributed by atoms with van der Waals surface area (Å²) in [5, 5.41) is 3.94. The lowest BCUT2D eigenvalue weighted by Crippen LogP contribution is -1.97. The monoisotopic (exact) mass is 257 g/mol. The number of methoxy groups -OCH3 is 1. The first-order valence-electron chi connectivity index (χ1n) is 4.72. The molecule has 7 heteroatoms. The summed E-state index contributed by atoms with van der Waals surface area (Å²) in [6.45, 7) is 0.0995. The molecule has 1 aromatic carbocycles. The summed E-state index contributed by atoms with van der Waals surface area (Å²) in [7, 11) is 1.34. The summed E-state index contributed by atoms with van der Waals surface area (Å²) in [5.74, 6) is -0.193. The third-order valence-corrected chi connectivity index (χ3v) is 2.44. The minimum absolute atomic E-state index is 0.0260. The molecule has 0 spiro atoms. The molecule has 0 saturated carbocycles. The van der Waals surface area contributed by atoms with Crippen LogP contribution in [0.1, 0.15) is 5.89 Å². The van der Waals surface area contributed by atoms with Crippen molar-refractivity contribution in [2.24, 2.45) is 5.73 Å². The van der Waals surface area contributed by atoms with Crippen molar-refractivity contribution in [3.8, 4) is 17.1 Å². The molecule has 2 rings (SSSR count). The van der Waals surface area contributed by atoms with Crippen molar-refractivity contribution in [2.45, 2.75) is 6.54 Å². The first kappa shape index (κ1) is 11.8. The Morgan fingerprint density at radius 2 is 2.29 bits per heavy atom. The molecule has 0 radical (unpaired) electrons. The van der Waals surface area contributed by atoms with E-state index in [0.717, 1.165) is 0 Å². The van der Waals surface area contributed by atoms with Crippen molar-refractivity contribution in [3.63, 3.8) is 0 Å². The zero-order valence-corrected chi connectivity index (χ0v) is 9.66. The second-order valence-corrected chi connectivity index (χ2v) is 3.56. The molecule has 0 fully saturated rings. The maximum Gasteiger partial charge on any atom is 0.240 e. The van der Waals surface area contributed by atoms with Crippen LogP contribution in [0.3, 0.4) is 0 Å². The lowest BCUT2D eigenvalue weighted by molar-refractivity contribution is 0.377. The highest BCUT2D eigenvalue weighted by Gasteiger charge is 2.19. The fourth-order valence-electron chi connectivity index (χ4n) is 1.38. The van der Waals surface area contributed by atoms with Crippen molar-refractivity contribution >= 4 is 11.6 Å². The molecule has 0 aliphatic carbocycles. The van der Waals surface area contributed by atoms with E-state index < -0.39 is 5.82 Å². The smallest absolute Gasteiger partial charge is 0.240 e. The van der Waals surface area contributed by atoms with Gasteiger partial charge in [-0.05, 0) is 12.1 Å². The number of hydrogen-bond donors (Lipinski definition) is 1. The molecule has 90 valence electrons. The maximum atomic E-state index is 13.5. The predicted molar refractivity (Wildman–Crippen MR) is 59.1 cm³/mol. The highest BCUT2D eigenvalue weighted by atomic mass is 35.5. The summed E-state index contributed by atoms with van der Waals surface area (Å²) < 4.78 is 23.3. The number of nitrogens with zero attached hydrogens (tertiary/aromatic N) is 2. The van der Waals surface area contributed by atoms with Crippen LogP contribution in [0.2, 0.25) is 5.02 Å². The van der Waals surface area contributed by atoms with Gasteiger partial charge in [0.2, 0.25) is 11.7 Å². The van der Waals surface area contributed by atoms with Gasteiger partial charge < -0.3 is 15.0 Å². The molecule has 2 N–H and O–H groups in total. The van der Waals surface area contributed by atoms with Gasteiger partial charge in [0, 0.05) is 0 Å². The third kappa shape index (κ3) is 2.09. The zero-order chi connectivity index (χ0) is 12.4. The van der Waals surface area contributed by atoms with Gasteiger partial charge in [-0.2, -0.15) is 4.98 Å². The molecule has 0 amide bonds. The Bertz CT molecular complexity index is 544. The number of aromatic nitrogens is 2. The first-order valence-corrected chi connectivity index (χ1v) is 5.10. The molecule has 0 aliphatic rings. The SMILES string of the molecule is COc1c(F)ccc(Cl)c1-c1noc(CN)n1. The summed E-state index contributed by atoms with van der Waals surface area (Å²) in [4.78, 5) is 3.98. The van der Waals surface area contributed by atoms with Crippen molar-refractivity contribution in [2.75, 3.05) is 7.11 Å². The van der Waals surface area contributed by atoms with Crippen LogP contribution in [-0.2, 0) is 6.54 Å². The minimum Gasteiger partial charge on any atom is -0.493 e. The fourth-order valence-corrected chi connectivity index (χ4v) is 1.61. The standard InChI is InChI=1S/C10H9ClFN3O2/c1-16-9-6(12)3-2-5(11)8(9)10-14-7(4-13)17-15-10/h2-3H,4,13H2,1H3. The van der Waals surface area contributed by atoms with Crippen LogP contribution in [0.5, 0.6) is 5.75 Å². The zero-order valence-electron chi connectivity index (χ0n) is 8.91. The number of hydrogen-bond acceptors (Lipinski definition) is 5. The van der Waals surface area contributed by atoms with Crippen molar-refractivity contribution < 1.29 is 13.7 Å². The van der Waals surface area contributed by atoms with E-state index in [2.05, 4.69) is 10.1 Å². The van der Waals surface area contributed by atoms with E-state index >= 15 is 0 Å². The molecule has 1 heterocycles. The summed E-state index contributed by atoms with van der Waals surface area (Å²) >= 11 is 5.97. The van der Waals surface area contributed by atoms with Crippen molar-refractivity contribution in [3.05, 3.63) is 28.9 Å². The Balaban J connectivity index is 2.60. The van der Waals surface area contributed by atoms with E-state index in [-0.39, 0.29) is 34.6 Å². The van der Waals surface area contributed by atoms with Gasteiger partial charge in [0.1, 0.15) is 0 Å². The van der Waals surface area contributed by atoms with Gasteiger partial charge in [0.15, 0.2) is 11.6 Å². The van der Waals surface area contributed by atoms with Crippen LogP contribution in [-0.4, -0.2) is 17.3 Å². The molecular formula is C10H9ClFN3O2. The Morgan fingerprint density at radius 1 is 1.53 bits per heavy atom. The fraction of sp³-hybridized carbons (Fsp3) is 0.200. The van der Waals surface area contributed by atoms with Gasteiger partial charge in [0.25, 0.3) is 0 Å². The summed E-state index contributed by atoms with van der Waals surface area (Å²) in [5.41, 5.74) is 5.59. The van der Waals surface area contributed by atoms with E-state index in [1.54, 1.807) is 0 Å². The van der Waals surface area contributed by atoms with Crippen molar-refractivity contribution in [1.82, 2.24) is 10.1 Å².